The number of carbonyl (C=O) groups is 1. The number of nitrogens with zero attached hydrogens (tertiary/aromatic N) is 1. The summed E-state index contributed by atoms with van der Waals surface area (Å²) in [5, 5.41) is 0.835. The number of benzene rings is 1. The second kappa shape index (κ2) is 3.48. The van der Waals surface area contributed by atoms with Crippen LogP contribution in [0.3, 0.4) is 0 Å². The molecule has 16 heavy (non-hydrogen) atoms. The quantitative estimate of drug-likeness (QED) is 0.679. The van der Waals surface area contributed by atoms with Gasteiger partial charge in [0.1, 0.15) is 0 Å². The third-order valence-corrected chi connectivity index (χ3v) is 2.52. The zero-order chi connectivity index (χ0) is 11.9. The van der Waals surface area contributed by atoms with Gasteiger partial charge in [0.05, 0.1) is 5.52 Å². The molecular formula is C12H12N2O2. The standard InChI is InChI=1S/C12H12N2O2/c1-7-5-9-3-4-10(13)6-11(9)14(8(2)15)12(7)16/h3-6H,13H2,1-2H3. The smallest absolute Gasteiger partial charge is 0.260 e. The molecule has 0 atom stereocenters. The fourth-order valence-electron chi connectivity index (χ4n) is 1.77. The highest BCUT2D eigenvalue weighted by Crippen LogP contribution is 2.16. The second-order valence-electron chi connectivity index (χ2n) is 3.81. The van der Waals surface area contributed by atoms with Crippen molar-refractivity contribution in [3.05, 3.63) is 40.2 Å². The number of aromatic nitrogens is 1. The SMILES string of the molecule is CC(=O)n1c(=O)c(C)cc2ccc(N)cc21. The van der Waals surface area contributed by atoms with Crippen molar-refractivity contribution in [2.75, 3.05) is 5.73 Å². The second-order valence-corrected chi connectivity index (χ2v) is 3.81. The number of carbonyl (C=O) groups excluding carboxylic acids is 1. The van der Waals surface area contributed by atoms with Crippen LogP contribution in [0.5, 0.6) is 0 Å². The monoisotopic (exact) mass is 216 g/mol. The summed E-state index contributed by atoms with van der Waals surface area (Å²) in [5.74, 6) is -0.302. The summed E-state index contributed by atoms with van der Waals surface area (Å²) in [6.07, 6.45) is 0. The predicted octanol–water partition coefficient (Wildman–Crippen LogP) is 1.55. The number of rotatable bonds is 0. The number of hydrogen-bond acceptors (Lipinski definition) is 3. The van der Waals surface area contributed by atoms with Gasteiger partial charge in [0.2, 0.25) is 5.91 Å². The largest absolute Gasteiger partial charge is 0.399 e. The molecule has 0 aliphatic heterocycles. The van der Waals surface area contributed by atoms with Gasteiger partial charge >= 0.3 is 0 Å². The Bertz CT molecular complexity index is 641. The van der Waals surface area contributed by atoms with Gasteiger partial charge in [0, 0.05) is 18.2 Å². The molecule has 1 heterocycles. The van der Waals surface area contributed by atoms with Crippen LogP contribution in [0.15, 0.2) is 29.1 Å². The Labute approximate surface area is 92.3 Å². The maximum Gasteiger partial charge on any atom is 0.260 e. The topological polar surface area (TPSA) is 65.1 Å². The van der Waals surface area contributed by atoms with Gasteiger partial charge in [-0.15, -0.1) is 0 Å². The lowest BCUT2D eigenvalue weighted by atomic mass is 10.1. The van der Waals surface area contributed by atoms with E-state index in [0.717, 1.165) is 9.95 Å². The van der Waals surface area contributed by atoms with Crippen molar-refractivity contribution in [2.45, 2.75) is 13.8 Å². The molecular weight excluding hydrogens is 204 g/mol. The number of aryl methyl sites for hydroxylation is 1. The van der Waals surface area contributed by atoms with Gasteiger partial charge in [-0.2, -0.15) is 0 Å². The Hall–Kier alpha value is -2.10. The third kappa shape index (κ3) is 1.48. The Kier molecular flexibility index (Phi) is 2.27. The molecule has 2 N–H and O–H groups in total. The van der Waals surface area contributed by atoms with E-state index in [9.17, 15) is 9.59 Å². The van der Waals surface area contributed by atoms with E-state index in [2.05, 4.69) is 0 Å². The lowest BCUT2D eigenvalue weighted by molar-refractivity contribution is 0.0937. The zero-order valence-electron chi connectivity index (χ0n) is 9.15. The highest BCUT2D eigenvalue weighted by Gasteiger charge is 2.09. The van der Waals surface area contributed by atoms with Crippen LogP contribution in [0.25, 0.3) is 10.9 Å². The van der Waals surface area contributed by atoms with Crippen LogP contribution in [-0.4, -0.2) is 10.5 Å². The molecule has 0 aliphatic carbocycles. The summed E-state index contributed by atoms with van der Waals surface area (Å²) in [5.41, 5.74) is 7.01. The average Bonchev–Trinajstić information content (AvgIpc) is 2.20. The number of fused-ring (bicyclic) bond motifs is 1. The van der Waals surface area contributed by atoms with Crippen molar-refractivity contribution < 1.29 is 4.79 Å². The average molecular weight is 216 g/mol. The van der Waals surface area contributed by atoms with E-state index in [1.807, 2.05) is 0 Å². The van der Waals surface area contributed by atoms with E-state index in [-0.39, 0.29) is 11.5 Å². The lowest BCUT2D eigenvalue weighted by Gasteiger charge is -2.08. The fourth-order valence-corrected chi connectivity index (χ4v) is 1.77. The summed E-state index contributed by atoms with van der Waals surface area (Å²) in [6, 6.07) is 6.95. The number of pyridine rings is 1. The Morgan fingerprint density at radius 3 is 2.62 bits per heavy atom. The number of anilines is 1. The molecule has 0 spiro atoms. The number of hydrogen-bond donors (Lipinski definition) is 1. The van der Waals surface area contributed by atoms with Crippen molar-refractivity contribution in [2.24, 2.45) is 0 Å². The molecule has 4 heteroatoms. The number of nitrogens with two attached hydrogens (primary N) is 1. The highest BCUT2D eigenvalue weighted by molar-refractivity contribution is 5.91. The Balaban J connectivity index is 3.02. The first-order valence-electron chi connectivity index (χ1n) is 4.93. The van der Waals surface area contributed by atoms with Crippen molar-refractivity contribution in [1.29, 1.82) is 0 Å². The van der Waals surface area contributed by atoms with Crippen LogP contribution < -0.4 is 11.3 Å². The van der Waals surface area contributed by atoms with Gasteiger partial charge in [-0.05, 0) is 30.5 Å². The fraction of sp³-hybridized carbons (Fsp3) is 0.167. The van der Waals surface area contributed by atoms with Crippen LogP contribution >= 0.6 is 0 Å². The molecule has 0 amide bonds. The zero-order valence-corrected chi connectivity index (χ0v) is 9.15. The summed E-state index contributed by atoms with van der Waals surface area (Å²) in [6.45, 7) is 3.06. The van der Waals surface area contributed by atoms with E-state index in [1.54, 1.807) is 31.2 Å². The molecule has 0 unspecified atom stereocenters. The Morgan fingerprint density at radius 1 is 1.31 bits per heavy atom. The van der Waals surface area contributed by atoms with E-state index in [4.69, 9.17) is 5.73 Å². The Morgan fingerprint density at radius 2 is 2.00 bits per heavy atom. The van der Waals surface area contributed by atoms with Gasteiger partial charge in [-0.1, -0.05) is 6.07 Å². The van der Waals surface area contributed by atoms with Gasteiger partial charge in [-0.3, -0.25) is 9.59 Å². The van der Waals surface area contributed by atoms with Gasteiger partial charge in [0.25, 0.3) is 5.56 Å². The lowest BCUT2D eigenvalue weighted by Crippen LogP contribution is -2.26. The normalized spacial score (nSPS) is 10.6. The van der Waals surface area contributed by atoms with E-state index in [0.29, 0.717) is 16.8 Å². The van der Waals surface area contributed by atoms with Crippen molar-refractivity contribution in [3.63, 3.8) is 0 Å². The maximum absolute atomic E-state index is 11.8. The van der Waals surface area contributed by atoms with Crippen LogP contribution in [0.1, 0.15) is 17.3 Å². The first-order valence-corrected chi connectivity index (χ1v) is 4.93. The molecule has 0 fully saturated rings. The first kappa shape index (κ1) is 10.4. The maximum atomic E-state index is 11.8. The molecule has 0 saturated heterocycles. The summed E-state index contributed by atoms with van der Waals surface area (Å²) < 4.78 is 1.15. The summed E-state index contributed by atoms with van der Waals surface area (Å²) in [7, 11) is 0. The molecule has 0 saturated carbocycles. The molecule has 0 bridgehead atoms. The van der Waals surface area contributed by atoms with Crippen molar-refractivity contribution >= 4 is 22.5 Å². The minimum atomic E-state index is -0.302. The molecule has 82 valence electrons. The van der Waals surface area contributed by atoms with Crippen molar-refractivity contribution in [3.8, 4) is 0 Å². The molecule has 0 aliphatic rings. The predicted molar refractivity (Wildman–Crippen MR) is 63.7 cm³/mol. The third-order valence-electron chi connectivity index (χ3n) is 2.52. The number of nitrogen functional groups attached to an aromatic ring is 1. The van der Waals surface area contributed by atoms with E-state index >= 15 is 0 Å². The first-order chi connectivity index (χ1) is 7.50. The summed E-state index contributed by atoms with van der Waals surface area (Å²) >= 11 is 0. The van der Waals surface area contributed by atoms with Crippen molar-refractivity contribution in [1.82, 2.24) is 4.57 Å². The van der Waals surface area contributed by atoms with Crippen LogP contribution in [0, 0.1) is 6.92 Å². The summed E-state index contributed by atoms with van der Waals surface area (Å²) in [4.78, 5) is 23.3. The van der Waals surface area contributed by atoms with Gasteiger partial charge in [0.15, 0.2) is 0 Å². The van der Waals surface area contributed by atoms with Crippen LogP contribution in [0.2, 0.25) is 0 Å². The molecule has 2 rings (SSSR count). The van der Waals surface area contributed by atoms with Crippen LogP contribution in [-0.2, 0) is 0 Å². The molecule has 2 aromatic rings. The molecule has 1 aromatic carbocycles. The minimum Gasteiger partial charge on any atom is -0.399 e. The molecule has 4 nitrogen and oxygen atoms in total. The van der Waals surface area contributed by atoms with Gasteiger partial charge in [-0.25, -0.2) is 4.57 Å². The highest BCUT2D eigenvalue weighted by atomic mass is 16.2. The minimum absolute atomic E-state index is 0.286. The van der Waals surface area contributed by atoms with Gasteiger partial charge < -0.3 is 5.73 Å². The van der Waals surface area contributed by atoms with Crippen LogP contribution in [0.4, 0.5) is 5.69 Å². The molecule has 0 radical (unpaired) electrons. The van der Waals surface area contributed by atoms with E-state index in [1.165, 1.54) is 6.92 Å². The molecule has 1 aromatic heterocycles. The van der Waals surface area contributed by atoms with E-state index < -0.39 is 0 Å².